The van der Waals surface area contributed by atoms with E-state index in [4.69, 9.17) is 4.74 Å². The standard InChI is InChI=1S/C14H18N2O2/c1-10(9-18-2)8-16-14(17)12-5-3-4-11-6-7-15-13(11)12/h3-7,10,15H,8-9H2,1-2H3,(H,16,17). The lowest BCUT2D eigenvalue weighted by Gasteiger charge is -2.11. The van der Waals surface area contributed by atoms with Gasteiger partial charge in [-0.3, -0.25) is 4.79 Å². The lowest BCUT2D eigenvalue weighted by atomic mass is 10.1. The Morgan fingerprint density at radius 3 is 3.06 bits per heavy atom. The average Bonchev–Trinajstić information content (AvgIpc) is 2.84. The Hall–Kier alpha value is -1.81. The minimum atomic E-state index is -0.0500. The number of aromatic nitrogens is 1. The molecule has 4 heteroatoms. The highest BCUT2D eigenvalue weighted by Crippen LogP contribution is 2.16. The number of para-hydroxylation sites is 1. The zero-order valence-corrected chi connectivity index (χ0v) is 10.7. The van der Waals surface area contributed by atoms with Gasteiger partial charge >= 0.3 is 0 Å². The summed E-state index contributed by atoms with van der Waals surface area (Å²) in [4.78, 5) is 15.2. The van der Waals surface area contributed by atoms with Crippen LogP contribution in [0.3, 0.4) is 0 Å². The predicted molar refractivity (Wildman–Crippen MR) is 71.7 cm³/mol. The number of ether oxygens (including phenoxy) is 1. The zero-order valence-electron chi connectivity index (χ0n) is 10.7. The van der Waals surface area contributed by atoms with Crippen LogP contribution in [0.2, 0.25) is 0 Å². The first-order chi connectivity index (χ1) is 8.72. The zero-order chi connectivity index (χ0) is 13.0. The average molecular weight is 246 g/mol. The number of carbonyl (C=O) groups is 1. The Bertz CT molecular complexity index is 533. The van der Waals surface area contributed by atoms with Crippen LogP contribution >= 0.6 is 0 Å². The number of nitrogens with one attached hydrogen (secondary N) is 2. The van der Waals surface area contributed by atoms with Gasteiger partial charge in [-0.2, -0.15) is 0 Å². The van der Waals surface area contributed by atoms with E-state index in [1.54, 1.807) is 7.11 Å². The van der Waals surface area contributed by atoms with Crippen molar-refractivity contribution in [1.29, 1.82) is 0 Å². The smallest absolute Gasteiger partial charge is 0.253 e. The van der Waals surface area contributed by atoms with E-state index in [-0.39, 0.29) is 5.91 Å². The van der Waals surface area contributed by atoms with Gasteiger partial charge in [0, 0.05) is 25.2 Å². The highest BCUT2D eigenvalue weighted by Gasteiger charge is 2.11. The maximum absolute atomic E-state index is 12.1. The Labute approximate surface area is 106 Å². The number of H-pyrrole nitrogens is 1. The van der Waals surface area contributed by atoms with Crippen LogP contribution in [-0.4, -0.2) is 31.2 Å². The molecule has 1 unspecified atom stereocenters. The van der Waals surface area contributed by atoms with E-state index in [2.05, 4.69) is 10.3 Å². The SMILES string of the molecule is COCC(C)CNC(=O)c1cccc2cc[nH]c12. The highest BCUT2D eigenvalue weighted by molar-refractivity contribution is 6.05. The quantitative estimate of drug-likeness (QED) is 0.849. The van der Waals surface area contributed by atoms with E-state index in [1.807, 2.05) is 37.4 Å². The number of hydrogen-bond donors (Lipinski definition) is 2. The molecule has 1 amide bonds. The molecule has 1 aromatic heterocycles. The molecule has 0 bridgehead atoms. The number of rotatable bonds is 5. The number of fused-ring (bicyclic) bond motifs is 1. The summed E-state index contributed by atoms with van der Waals surface area (Å²) < 4.78 is 5.04. The summed E-state index contributed by atoms with van der Waals surface area (Å²) in [5.74, 6) is 0.257. The summed E-state index contributed by atoms with van der Waals surface area (Å²) in [6, 6.07) is 7.66. The first kappa shape index (κ1) is 12.6. The molecule has 1 aromatic carbocycles. The van der Waals surface area contributed by atoms with E-state index < -0.39 is 0 Å². The summed E-state index contributed by atoms with van der Waals surface area (Å²) in [5.41, 5.74) is 1.57. The van der Waals surface area contributed by atoms with E-state index in [0.29, 0.717) is 24.6 Å². The van der Waals surface area contributed by atoms with Gasteiger partial charge in [-0.1, -0.05) is 19.1 Å². The van der Waals surface area contributed by atoms with Crippen molar-refractivity contribution in [3.05, 3.63) is 36.0 Å². The van der Waals surface area contributed by atoms with Crippen LogP contribution in [0.15, 0.2) is 30.5 Å². The van der Waals surface area contributed by atoms with Crippen molar-refractivity contribution >= 4 is 16.8 Å². The largest absolute Gasteiger partial charge is 0.384 e. The van der Waals surface area contributed by atoms with Gasteiger partial charge in [-0.15, -0.1) is 0 Å². The molecule has 96 valence electrons. The maximum atomic E-state index is 12.1. The molecule has 1 heterocycles. The molecule has 0 radical (unpaired) electrons. The summed E-state index contributed by atoms with van der Waals surface area (Å²) in [5, 5.41) is 3.98. The maximum Gasteiger partial charge on any atom is 0.253 e. The molecule has 0 saturated carbocycles. The topological polar surface area (TPSA) is 54.1 Å². The molecule has 2 N–H and O–H groups in total. The second kappa shape index (κ2) is 5.69. The fourth-order valence-electron chi connectivity index (χ4n) is 1.98. The molecule has 1 atom stereocenters. The number of amides is 1. The summed E-state index contributed by atoms with van der Waals surface area (Å²) >= 11 is 0. The van der Waals surface area contributed by atoms with Crippen LogP contribution in [0.1, 0.15) is 17.3 Å². The monoisotopic (exact) mass is 246 g/mol. The fraction of sp³-hybridized carbons (Fsp3) is 0.357. The molecule has 0 saturated heterocycles. The first-order valence-electron chi connectivity index (χ1n) is 6.05. The predicted octanol–water partition coefficient (Wildman–Crippen LogP) is 2.18. The van der Waals surface area contributed by atoms with Crippen LogP contribution in [0.25, 0.3) is 10.9 Å². The van der Waals surface area contributed by atoms with Gasteiger partial charge in [0.2, 0.25) is 0 Å². The van der Waals surface area contributed by atoms with Crippen molar-refractivity contribution in [3.8, 4) is 0 Å². The molecule has 0 aliphatic heterocycles. The molecule has 4 nitrogen and oxygen atoms in total. The molecule has 0 aliphatic rings. The summed E-state index contributed by atoms with van der Waals surface area (Å²) in [6.07, 6.45) is 1.84. The van der Waals surface area contributed by atoms with Gasteiger partial charge in [0.25, 0.3) is 5.91 Å². The minimum Gasteiger partial charge on any atom is -0.384 e. The van der Waals surface area contributed by atoms with Crippen molar-refractivity contribution in [2.75, 3.05) is 20.3 Å². The second-order valence-electron chi connectivity index (χ2n) is 4.52. The summed E-state index contributed by atoms with van der Waals surface area (Å²) in [7, 11) is 1.66. The van der Waals surface area contributed by atoms with Crippen molar-refractivity contribution in [3.63, 3.8) is 0 Å². The Balaban J connectivity index is 2.07. The Kier molecular flexibility index (Phi) is 3.99. The third-order valence-corrected chi connectivity index (χ3v) is 2.89. The van der Waals surface area contributed by atoms with Crippen LogP contribution in [0, 0.1) is 5.92 Å². The van der Waals surface area contributed by atoms with Gasteiger partial charge in [-0.05, 0) is 18.1 Å². The second-order valence-corrected chi connectivity index (χ2v) is 4.52. The van der Waals surface area contributed by atoms with Crippen LogP contribution < -0.4 is 5.32 Å². The Morgan fingerprint density at radius 2 is 2.28 bits per heavy atom. The van der Waals surface area contributed by atoms with Gasteiger partial charge in [0.1, 0.15) is 0 Å². The van der Waals surface area contributed by atoms with Gasteiger partial charge < -0.3 is 15.0 Å². The Morgan fingerprint density at radius 1 is 1.44 bits per heavy atom. The minimum absolute atomic E-state index is 0.0500. The number of methoxy groups -OCH3 is 1. The molecule has 2 rings (SSSR count). The first-order valence-corrected chi connectivity index (χ1v) is 6.05. The lowest BCUT2D eigenvalue weighted by Crippen LogP contribution is -2.30. The molecule has 18 heavy (non-hydrogen) atoms. The van der Waals surface area contributed by atoms with E-state index in [9.17, 15) is 4.79 Å². The number of benzene rings is 1. The van der Waals surface area contributed by atoms with Crippen molar-refractivity contribution < 1.29 is 9.53 Å². The molecular formula is C14H18N2O2. The van der Waals surface area contributed by atoms with Gasteiger partial charge in [-0.25, -0.2) is 0 Å². The molecule has 0 aliphatic carbocycles. The van der Waals surface area contributed by atoms with Crippen molar-refractivity contribution in [1.82, 2.24) is 10.3 Å². The molecule has 2 aromatic rings. The van der Waals surface area contributed by atoms with E-state index >= 15 is 0 Å². The van der Waals surface area contributed by atoms with Crippen molar-refractivity contribution in [2.24, 2.45) is 5.92 Å². The highest BCUT2D eigenvalue weighted by atomic mass is 16.5. The van der Waals surface area contributed by atoms with Crippen LogP contribution in [0.4, 0.5) is 0 Å². The molecule has 0 spiro atoms. The third-order valence-electron chi connectivity index (χ3n) is 2.89. The number of aromatic amines is 1. The fourth-order valence-corrected chi connectivity index (χ4v) is 1.98. The van der Waals surface area contributed by atoms with Crippen LogP contribution in [-0.2, 0) is 4.74 Å². The van der Waals surface area contributed by atoms with Crippen molar-refractivity contribution in [2.45, 2.75) is 6.92 Å². The number of hydrogen-bond acceptors (Lipinski definition) is 2. The van der Waals surface area contributed by atoms with E-state index in [0.717, 1.165) is 10.9 Å². The van der Waals surface area contributed by atoms with Gasteiger partial charge in [0.15, 0.2) is 0 Å². The van der Waals surface area contributed by atoms with Gasteiger partial charge in [0.05, 0.1) is 17.7 Å². The summed E-state index contributed by atoms with van der Waals surface area (Å²) in [6.45, 7) is 3.30. The molecule has 0 fully saturated rings. The third kappa shape index (κ3) is 2.71. The van der Waals surface area contributed by atoms with Crippen LogP contribution in [0.5, 0.6) is 0 Å². The normalized spacial score (nSPS) is 12.6. The molecular weight excluding hydrogens is 228 g/mol. The number of carbonyl (C=O) groups excluding carboxylic acids is 1. The lowest BCUT2D eigenvalue weighted by molar-refractivity contribution is 0.0935. The van der Waals surface area contributed by atoms with E-state index in [1.165, 1.54) is 0 Å².